The number of carbonyl (C=O) groups is 1. The van der Waals surface area contributed by atoms with Gasteiger partial charge in [0.05, 0.1) is 18.2 Å². The maximum Gasteiger partial charge on any atom is 0.234 e. The quantitative estimate of drug-likeness (QED) is 0.939. The van der Waals surface area contributed by atoms with Crippen molar-refractivity contribution in [2.24, 2.45) is 5.73 Å². The van der Waals surface area contributed by atoms with Crippen LogP contribution in [0, 0.1) is 5.82 Å². The van der Waals surface area contributed by atoms with Gasteiger partial charge in [-0.05, 0) is 30.2 Å². The van der Waals surface area contributed by atoms with Crippen molar-refractivity contribution in [3.05, 3.63) is 71.5 Å². The Morgan fingerprint density at radius 3 is 2.17 bits per heavy atom. The van der Waals surface area contributed by atoms with Gasteiger partial charge in [0.25, 0.3) is 0 Å². The largest absolute Gasteiger partial charge is 0.368 e. The molecule has 2 aromatic carbocycles. The van der Waals surface area contributed by atoms with Gasteiger partial charge in [-0.1, -0.05) is 42.5 Å². The molecule has 0 radical (unpaired) electrons. The number of ether oxygens (including phenoxy) is 1. The third-order valence-electron chi connectivity index (χ3n) is 4.50. The van der Waals surface area contributed by atoms with Crippen LogP contribution in [-0.4, -0.2) is 29.9 Å². The molecule has 0 aliphatic carbocycles. The lowest BCUT2D eigenvalue weighted by Crippen LogP contribution is -2.49. The van der Waals surface area contributed by atoms with Gasteiger partial charge in [0.1, 0.15) is 5.82 Å². The Labute approximate surface area is 141 Å². The highest BCUT2D eigenvalue weighted by Gasteiger charge is 2.33. The van der Waals surface area contributed by atoms with Crippen molar-refractivity contribution in [1.82, 2.24) is 4.90 Å². The molecule has 1 aliphatic heterocycles. The zero-order chi connectivity index (χ0) is 17.1. The van der Waals surface area contributed by atoms with E-state index in [9.17, 15) is 9.18 Å². The highest BCUT2D eigenvalue weighted by atomic mass is 19.1. The first kappa shape index (κ1) is 16.6. The summed E-state index contributed by atoms with van der Waals surface area (Å²) in [7, 11) is 0. The molecule has 24 heavy (non-hydrogen) atoms. The normalized spacial score (nSPS) is 22.9. The van der Waals surface area contributed by atoms with Crippen LogP contribution < -0.4 is 5.73 Å². The van der Waals surface area contributed by atoms with Crippen molar-refractivity contribution >= 4 is 5.91 Å². The van der Waals surface area contributed by atoms with Gasteiger partial charge in [-0.2, -0.15) is 0 Å². The lowest BCUT2D eigenvalue weighted by atomic mass is 10.0. The number of nitrogens with two attached hydrogens (primary N) is 1. The summed E-state index contributed by atoms with van der Waals surface area (Å²) in [6, 6.07) is 15.8. The van der Waals surface area contributed by atoms with Gasteiger partial charge in [-0.25, -0.2) is 4.39 Å². The van der Waals surface area contributed by atoms with E-state index in [1.165, 1.54) is 12.1 Å². The predicted molar refractivity (Wildman–Crippen MR) is 89.6 cm³/mol. The molecule has 0 bridgehead atoms. The lowest BCUT2D eigenvalue weighted by molar-refractivity contribution is -0.132. The summed E-state index contributed by atoms with van der Waals surface area (Å²) in [6.45, 7) is 2.93. The van der Waals surface area contributed by atoms with E-state index < -0.39 is 0 Å². The van der Waals surface area contributed by atoms with E-state index in [2.05, 4.69) is 0 Å². The summed E-state index contributed by atoms with van der Waals surface area (Å²) >= 11 is 0. The van der Waals surface area contributed by atoms with Crippen LogP contribution in [0.15, 0.2) is 54.6 Å². The Balaban J connectivity index is 1.88. The minimum Gasteiger partial charge on any atom is -0.368 e. The van der Waals surface area contributed by atoms with E-state index in [1.54, 1.807) is 19.1 Å². The average Bonchev–Trinajstić information content (AvgIpc) is 2.62. The van der Waals surface area contributed by atoms with Crippen LogP contribution in [0.5, 0.6) is 0 Å². The summed E-state index contributed by atoms with van der Waals surface area (Å²) in [5.74, 6) is -0.641. The van der Waals surface area contributed by atoms with Gasteiger partial charge in [0, 0.05) is 13.1 Å². The monoisotopic (exact) mass is 328 g/mol. The van der Waals surface area contributed by atoms with E-state index in [-0.39, 0.29) is 30.0 Å². The number of hydrogen-bond donors (Lipinski definition) is 1. The van der Waals surface area contributed by atoms with E-state index in [0.29, 0.717) is 13.1 Å². The predicted octanol–water partition coefficient (Wildman–Crippen LogP) is 2.81. The van der Waals surface area contributed by atoms with E-state index in [4.69, 9.17) is 10.5 Å². The highest BCUT2D eigenvalue weighted by Crippen LogP contribution is 2.33. The minimum absolute atomic E-state index is 0.170. The number of carbonyl (C=O) groups excluding carboxylic acids is 1. The van der Waals surface area contributed by atoms with Crippen LogP contribution >= 0.6 is 0 Å². The van der Waals surface area contributed by atoms with Gasteiger partial charge >= 0.3 is 0 Å². The Bertz CT molecular complexity index is 690. The summed E-state index contributed by atoms with van der Waals surface area (Å²) in [5, 5.41) is 0. The van der Waals surface area contributed by atoms with Crippen molar-refractivity contribution < 1.29 is 13.9 Å². The molecule has 1 heterocycles. The summed E-state index contributed by atoms with van der Waals surface area (Å²) in [4.78, 5) is 13.6. The summed E-state index contributed by atoms with van der Waals surface area (Å²) in [5.41, 5.74) is 7.42. The van der Waals surface area contributed by atoms with Gasteiger partial charge in [0.2, 0.25) is 5.91 Å². The first-order valence-electron chi connectivity index (χ1n) is 8.04. The fraction of sp³-hybridized carbons (Fsp3) is 0.316. The fourth-order valence-corrected chi connectivity index (χ4v) is 2.99. The SMILES string of the molecule is C[C@H](C(N)=O)N1C[C@H](c2ccccc2)O[C@@H](c2ccc(F)cc2)C1. The molecule has 3 atom stereocenters. The van der Waals surface area contributed by atoms with Crippen LogP contribution in [0.4, 0.5) is 4.39 Å². The number of benzene rings is 2. The first-order chi connectivity index (χ1) is 11.5. The minimum atomic E-state index is -0.386. The standard InChI is InChI=1S/C19H21FN2O2/c1-13(19(21)23)22-11-17(14-5-3-2-4-6-14)24-18(12-22)15-7-9-16(20)10-8-15/h2-10,13,17-18H,11-12H2,1H3,(H2,21,23)/t13-,17-,18-/m1/s1. The molecule has 2 aromatic rings. The molecule has 0 spiro atoms. The molecule has 1 saturated heterocycles. The second kappa shape index (κ2) is 7.11. The highest BCUT2D eigenvalue weighted by molar-refractivity contribution is 5.79. The molecular formula is C19H21FN2O2. The zero-order valence-electron chi connectivity index (χ0n) is 13.6. The molecule has 1 aliphatic rings. The van der Waals surface area contributed by atoms with Crippen LogP contribution in [-0.2, 0) is 9.53 Å². The topological polar surface area (TPSA) is 55.6 Å². The first-order valence-corrected chi connectivity index (χ1v) is 8.04. The van der Waals surface area contributed by atoms with Crippen molar-refractivity contribution in [1.29, 1.82) is 0 Å². The van der Waals surface area contributed by atoms with Crippen LogP contribution in [0.2, 0.25) is 0 Å². The number of rotatable bonds is 4. The molecule has 0 unspecified atom stereocenters. The van der Waals surface area contributed by atoms with Crippen molar-refractivity contribution in [2.45, 2.75) is 25.2 Å². The Hall–Kier alpha value is -2.24. The molecular weight excluding hydrogens is 307 g/mol. The Morgan fingerprint density at radius 1 is 1.08 bits per heavy atom. The second-order valence-electron chi connectivity index (χ2n) is 6.11. The molecule has 1 fully saturated rings. The molecule has 126 valence electrons. The lowest BCUT2D eigenvalue weighted by Gasteiger charge is -2.40. The molecule has 3 rings (SSSR count). The van der Waals surface area contributed by atoms with Crippen molar-refractivity contribution in [2.75, 3.05) is 13.1 Å². The fourth-order valence-electron chi connectivity index (χ4n) is 2.99. The van der Waals surface area contributed by atoms with Crippen LogP contribution in [0.25, 0.3) is 0 Å². The third-order valence-corrected chi connectivity index (χ3v) is 4.50. The van der Waals surface area contributed by atoms with E-state index in [0.717, 1.165) is 11.1 Å². The van der Waals surface area contributed by atoms with Crippen LogP contribution in [0.3, 0.4) is 0 Å². The molecule has 1 amide bonds. The smallest absolute Gasteiger partial charge is 0.234 e. The van der Waals surface area contributed by atoms with E-state index >= 15 is 0 Å². The van der Waals surface area contributed by atoms with Gasteiger partial charge in [0.15, 0.2) is 0 Å². The maximum atomic E-state index is 13.2. The molecule has 0 saturated carbocycles. The number of hydrogen-bond acceptors (Lipinski definition) is 3. The van der Waals surface area contributed by atoms with Gasteiger partial charge < -0.3 is 10.5 Å². The number of halogens is 1. The van der Waals surface area contributed by atoms with Crippen LogP contribution in [0.1, 0.15) is 30.3 Å². The van der Waals surface area contributed by atoms with Gasteiger partial charge in [-0.3, -0.25) is 9.69 Å². The molecule has 4 nitrogen and oxygen atoms in total. The number of primary amides is 1. The van der Waals surface area contributed by atoms with Gasteiger partial charge in [-0.15, -0.1) is 0 Å². The van der Waals surface area contributed by atoms with E-state index in [1.807, 2.05) is 35.2 Å². The summed E-state index contributed by atoms with van der Waals surface area (Å²) in [6.07, 6.45) is -0.414. The summed E-state index contributed by atoms with van der Waals surface area (Å²) < 4.78 is 19.4. The average molecular weight is 328 g/mol. The Kier molecular flexibility index (Phi) is 4.92. The third kappa shape index (κ3) is 3.63. The number of amides is 1. The Morgan fingerprint density at radius 2 is 1.62 bits per heavy atom. The maximum absolute atomic E-state index is 13.2. The zero-order valence-corrected chi connectivity index (χ0v) is 13.6. The van der Waals surface area contributed by atoms with Crippen molar-refractivity contribution in [3.63, 3.8) is 0 Å². The molecule has 5 heteroatoms. The second-order valence-corrected chi connectivity index (χ2v) is 6.11. The molecule has 2 N–H and O–H groups in total. The van der Waals surface area contributed by atoms with Crippen molar-refractivity contribution in [3.8, 4) is 0 Å². The number of morpholine rings is 1. The number of nitrogens with zero attached hydrogens (tertiary/aromatic N) is 1. The molecule has 0 aromatic heterocycles.